The average molecular weight is 366 g/mol. The molecule has 0 fully saturated rings. The number of nitrogens with one attached hydrogen (secondary N) is 1. The van der Waals surface area contributed by atoms with E-state index in [1.54, 1.807) is 20.8 Å². The van der Waals surface area contributed by atoms with Gasteiger partial charge in [0.15, 0.2) is 0 Å². The predicted octanol–water partition coefficient (Wildman–Crippen LogP) is 2.33. The van der Waals surface area contributed by atoms with Crippen molar-refractivity contribution in [2.24, 2.45) is 0 Å². The third-order valence-corrected chi connectivity index (χ3v) is 3.34. The van der Waals surface area contributed by atoms with Gasteiger partial charge in [-0.2, -0.15) is 5.01 Å². The number of carbonyl (C=O) groups excluding carboxylic acids is 2. The Kier molecular flexibility index (Phi) is 8.05. The van der Waals surface area contributed by atoms with E-state index in [0.29, 0.717) is 0 Å². The van der Waals surface area contributed by atoms with Crippen molar-refractivity contribution in [1.82, 2.24) is 10.4 Å². The van der Waals surface area contributed by atoms with E-state index < -0.39 is 29.7 Å². The summed E-state index contributed by atoms with van der Waals surface area (Å²) < 4.78 is 9.77. The molecule has 1 amide bonds. The van der Waals surface area contributed by atoms with E-state index in [1.807, 2.05) is 30.3 Å². The monoisotopic (exact) mass is 366 g/mol. The van der Waals surface area contributed by atoms with Gasteiger partial charge in [-0.1, -0.05) is 30.3 Å². The Morgan fingerprint density at radius 1 is 1.19 bits per heavy atom. The van der Waals surface area contributed by atoms with Gasteiger partial charge in [0.2, 0.25) is 0 Å². The number of hydrazine groups is 1. The van der Waals surface area contributed by atoms with Crippen LogP contribution >= 0.6 is 0 Å². The molecule has 144 valence electrons. The standard InChI is InChI=1S/C18H26N2O6/c1-18(2,3)26-17(24)19-20(12-13-8-6-5-7-9-13)14(16(22)23)10-11-15(21)25-4/h5-9,14H,10-12H2,1-4H3,(H,19,24)(H,22,23)/t14-/m0/s1. The van der Waals surface area contributed by atoms with Gasteiger partial charge in [0, 0.05) is 13.0 Å². The number of carboxylic acids is 1. The summed E-state index contributed by atoms with van der Waals surface area (Å²) in [7, 11) is 1.23. The van der Waals surface area contributed by atoms with Crippen LogP contribution in [0.25, 0.3) is 0 Å². The number of esters is 1. The summed E-state index contributed by atoms with van der Waals surface area (Å²) in [5.41, 5.74) is 2.55. The van der Waals surface area contributed by atoms with Gasteiger partial charge < -0.3 is 14.6 Å². The summed E-state index contributed by atoms with van der Waals surface area (Å²) >= 11 is 0. The fraction of sp³-hybridized carbons (Fsp3) is 0.500. The first-order valence-corrected chi connectivity index (χ1v) is 8.22. The molecule has 0 aromatic heterocycles. The maximum Gasteiger partial charge on any atom is 0.422 e. The van der Waals surface area contributed by atoms with Crippen LogP contribution < -0.4 is 5.43 Å². The zero-order chi connectivity index (χ0) is 19.7. The second kappa shape index (κ2) is 9.76. The minimum absolute atomic E-state index is 0.0232. The predicted molar refractivity (Wildman–Crippen MR) is 94.0 cm³/mol. The first kappa shape index (κ1) is 21.4. The van der Waals surface area contributed by atoms with Crippen LogP contribution in [0.2, 0.25) is 0 Å². The molecule has 0 heterocycles. The lowest BCUT2D eigenvalue weighted by molar-refractivity contribution is -0.146. The number of ether oxygens (including phenoxy) is 2. The molecular weight excluding hydrogens is 340 g/mol. The number of carboxylic acid groups (broad SMARTS) is 1. The topological polar surface area (TPSA) is 105 Å². The lowest BCUT2D eigenvalue weighted by Gasteiger charge is -2.30. The summed E-state index contributed by atoms with van der Waals surface area (Å²) in [6.45, 7) is 5.26. The van der Waals surface area contributed by atoms with Crippen LogP contribution in [0.5, 0.6) is 0 Å². The highest BCUT2D eigenvalue weighted by Gasteiger charge is 2.29. The molecule has 8 heteroatoms. The molecule has 0 aliphatic rings. The minimum atomic E-state index is -1.17. The highest BCUT2D eigenvalue weighted by atomic mass is 16.6. The van der Waals surface area contributed by atoms with Crippen molar-refractivity contribution in [2.75, 3.05) is 7.11 Å². The van der Waals surface area contributed by atoms with Gasteiger partial charge in [0.25, 0.3) is 0 Å². The van der Waals surface area contributed by atoms with Gasteiger partial charge in [0.1, 0.15) is 11.6 Å². The van der Waals surface area contributed by atoms with Gasteiger partial charge in [-0.15, -0.1) is 0 Å². The largest absolute Gasteiger partial charge is 0.480 e. The first-order chi connectivity index (χ1) is 12.1. The van der Waals surface area contributed by atoms with E-state index in [9.17, 15) is 19.5 Å². The van der Waals surface area contributed by atoms with Crippen molar-refractivity contribution < 1.29 is 29.0 Å². The molecule has 1 rings (SSSR count). The molecule has 8 nitrogen and oxygen atoms in total. The van der Waals surface area contributed by atoms with Crippen molar-refractivity contribution in [3.05, 3.63) is 35.9 Å². The summed E-state index contributed by atoms with van der Waals surface area (Å²) in [5.74, 6) is -1.69. The van der Waals surface area contributed by atoms with E-state index in [1.165, 1.54) is 12.1 Å². The van der Waals surface area contributed by atoms with Crippen molar-refractivity contribution >= 4 is 18.0 Å². The third kappa shape index (κ3) is 7.98. The molecule has 1 aromatic carbocycles. The number of hydrogen-bond acceptors (Lipinski definition) is 6. The Morgan fingerprint density at radius 2 is 1.81 bits per heavy atom. The van der Waals surface area contributed by atoms with Gasteiger partial charge in [0.05, 0.1) is 7.11 Å². The second-order valence-electron chi connectivity index (χ2n) is 6.70. The smallest absolute Gasteiger partial charge is 0.422 e. The normalized spacial score (nSPS) is 12.3. The van der Waals surface area contributed by atoms with Crippen LogP contribution in [0.3, 0.4) is 0 Å². The quantitative estimate of drug-likeness (QED) is 0.537. The number of nitrogens with zero attached hydrogens (tertiary/aromatic N) is 1. The molecule has 1 aromatic rings. The van der Waals surface area contributed by atoms with E-state index in [2.05, 4.69) is 10.2 Å². The minimum Gasteiger partial charge on any atom is -0.480 e. The molecular formula is C18H26N2O6. The Morgan fingerprint density at radius 3 is 2.31 bits per heavy atom. The molecule has 0 bridgehead atoms. The summed E-state index contributed by atoms with van der Waals surface area (Å²) in [6, 6.07) is 7.95. The second-order valence-corrected chi connectivity index (χ2v) is 6.70. The molecule has 0 aliphatic heterocycles. The Labute approximate surface area is 153 Å². The number of carbonyl (C=O) groups is 3. The SMILES string of the molecule is COC(=O)CC[C@@H](C(=O)O)N(Cc1ccccc1)NC(=O)OC(C)(C)C. The van der Waals surface area contributed by atoms with Gasteiger partial charge in [-0.3, -0.25) is 15.0 Å². The number of aliphatic carboxylic acids is 1. The van der Waals surface area contributed by atoms with Crippen molar-refractivity contribution in [3.63, 3.8) is 0 Å². The molecule has 2 N–H and O–H groups in total. The fourth-order valence-corrected chi connectivity index (χ4v) is 2.20. The van der Waals surface area contributed by atoms with E-state index in [0.717, 1.165) is 5.56 Å². The highest BCUT2D eigenvalue weighted by molar-refractivity contribution is 5.76. The zero-order valence-corrected chi connectivity index (χ0v) is 15.5. The number of hydrogen-bond donors (Lipinski definition) is 2. The summed E-state index contributed by atoms with van der Waals surface area (Å²) in [6.07, 6.45) is -0.878. The number of rotatable bonds is 8. The lowest BCUT2D eigenvalue weighted by atomic mass is 10.1. The third-order valence-electron chi connectivity index (χ3n) is 3.34. The van der Waals surface area contributed by atoms with E-state index in [4.69, 9.17) is 4.74 Å². The van der Waals surface area contributed by atoms with Crippen molar-refractivity contribution in [2.45, 2.75) is 51.8 Å². The van der Waals surface area contributed by atoms with Crippen molar-refractivity contribution in [1.29, 1.82) is 0 Å². The number of benzene rings is 1. The van der Waals surface area contributed by atoms with Crippen LogP contribution in [-0.4, -0.2) is 46.9 Å². The van der Waals surface area contributed by atoms with Crippen LogP contribution in [0.4, 0.5) is 4.79 Å². The molecule has 0 spiro atoms. The lowest BCUT2D eigenvalue weighted by Crippen LogP contribution is -2.52. The molecule has 0 aliphatic carbocycles. The van der Waals surface area contributed by atoms with E-state index >= 15 is 0 Å². The van der Waals surface area contributed by atoms with E-state index in [-0.39, 0.29) is 19.4 Å². The van der Waals surface area contributed by atoms with Crippen LogP contribution in [0, 0.1) is 0 Å². The highest BCUT2D eigenvalue weighted by Crippen LogP contribution is 2.13. The Hall–Kier alpha value is -2.61. The summed E-state index contributed by atoms with van der Waals surface area (Å²) in [4.78, 5) is 35.2. The first-order valence-electron chi connectivity index (χ1n) is 8.22. The van der Waals surface area contributed by atoms with Crippen LogP contribution in [0.1, 0.15) is 39.2 Å². The number of methoxy groups -OCH3 is 1. The zero-order valence-electron chi connectivity index (χ0n) is 15.5. The fourth-order valence-electron chi connectivity index (χ4n) is 2.20. The van der Waals surface area contributed by atoms with Gasteiger partial charge in [-0.25, -0.2) is 4.79 Å². The molecule has 0 unspecified atom stereocenters. The van der Waals surface area contributed by atoms with Gasteiger partial charge in [-0.05, 0) is 32.8 Å². The molecule has 0 saturated carbocycles. The van der Waals surface area contributed by atoms with Crippen LogP contribution in [0.15, 0.2) is 30.3 Å². The van der Waals surface area contributed by atoms with Crippen LogP contribution in [-0.2, 0) is 25.6 Å². The molecule has 1 atom stereocenters. The molecule has 26 heavy (non-hydrogen) atoms. The number of amides is 1. The maximum absolute atomic E-state index is 12.1. The van der Waals surface area contributed by atoms with Gasteiger partial charge >= 0.3 is 18.0 Å². The molecule has 0 radical (unpaired) electrons. The Balaban J connectivity index is 2.96. The maximum atomic E-state index is 12.1. The molecule has 0 saturated heterocycles. The Bertz CT molecular complexity index is 612. The average Bonchev–Trinajstić information content (AvgIpc) is 2.53. The van der Waals surface area contributed by atoms with Crippen molar-refractivity contribution in [3.8, 4) is 0 Å². The summed E-state index contributed by atoms with van der Waals surface area (Å²) in [5, 5.41) is 10.8.